The molecule has 2 saturated heterocycles. The topological polar surface area (TPSA) is 187 Å². The monoisotopic (exact) mass is 397 g/mol. The number of carbonyl (C=O) groups is 1. The van der Waals surface area contributed by atoms with Gasteiger partial charge in [-0.15, -0.1) is 0 Å². The van der Waals surface area contributed by atoms with E-state index >= 15 is 0 Å². The van der Waals surface area contributed by atoms with Crippen LogP contribution in [0.15, 0.2) is 0 Å². The van der Waals surface area contributed by atoms with Crippen LogP contribution in [0.25, 0.3) is 0 Å². The van der Waals surface area contributed by atoms with Crippen molar-refractivity contribution in [3.8, 4) is 0 Å². The van der Waals surface area contributed by atoms with Crippen molar-refractivity contribution in [1.29, 1.82) is 0 Å². The Morgan fingerprint density at radius 3 is 2.11 bits per heavy atom. The molecule has 1 unspecified atom stereocenters. The molecule has 7 N–H and O–H groups in total. The SMILES string of the molecule is CO[C@H]1[C@@H](O[C@H]2[C@H](O)[C@@H](NC(C)=O)C(O)O[C@@H]2CO)O[C@H](CO)[C@H](O)[C@@H]1O. The Hall–Kier alpha value is -0.930. The van der Waals surface area contributed by atoms with E-state index in [0.717, 1.165) is 0 Å². The number of aliphatic hydroxyl groups is 6. The Bertz CT molecular complexity index is 494. The van der Waals surface area contributed by atoms with E-state index in [1.807, 2.05) is 0 Å². The smallest absolute Gasteiger partial charge is 0.217 e. The second-order valence-electron chi connectivity index (χ2n) is 6.47. The number of nitrogens with one attached hydrogen (secondary N) is 1. The van der Waals surface area contributed by atoms with Gasteiger partial charge in [0.15, 0.2) is 12.6 Å². The lowest BCUT2D eigenvalue weighted by Gasteiger charge is -2.46. The number of methoxy groups -OCH3 is 1. The van der Waals surface area contributed by atoms with E-state index in [1.54, 1.807) is 0 Å². The van der Waals surface area contributed by atoms with Crippen molar-refractivity contribution in [1.82, 2.24) is 5.32 Å². The Morgan fingerprint density at radius 1 is 0.963 bits per heavy atom. The molecule has 0 radical (unpaired) electrons. The second kappa shape index (κ2) is 9.52. The van der Waals surface area contributed by atoms with Crippen molar-refractivity contribution in [3.05, 3.63) is 0 Å². The summed E-state index contributed by atoms with van der Waals surface area (Å²) in [7, 11) is 1.24. The van der Waals surface area contributed by atoms with Crippen LogP contribution < -0.4 is 5.32 Å². The molecule has 2 heterocycles. The summed E-state index contributed by atoms with van der Waals surface area (Å²) in [6.07, 6.45) is -12.2. The van der Waals surface area contributed by atoms with Gasteiger partial charge in [0.1, 0.15) is 48.8 Å². The molecule has 0 aromatic carbocycles. The summed E-state index contributed by atoms with van der Waals surface area (Å²) >= 11 is 0. The minimum Gasteiger partial charge on any atom is -0.394 e. The summed E-state index contributed by atoms with van der Waals surface area (Å²) in [5, 5.41) is 61.7. The summed E-state index contributed by atoms with van der Waals surface area (Å²) in [5.74, 6) is -0.537. The van der Waals surface area contributed by atoms with Gasteiger partial charge in [0.25, 0.3) is 0 Å². The maximum atomic E-state index is 11.3. The van der Waals surface area contributed by atoms with Gasteiger partial charge < -0.3 is 54.9 Å². The van der Waals surface area contributed by atoms with Gasteiger partial charge >= 0.3 is 0 Å². The Kier molecular flexibility index (Phi) is 7.88. The highest BCUT2D eigenvalue weighted by atomic mass is 16.7. The van der Waals surface area contributed by atoms with Crippen LogP contribution in [0.2, 0.25) is 0 Å². The van der Waals surface area contributed by atoms with Crippen molar-refractivity contribution in [2.45, 2.75) is 68.3 Å². The zero-order valence-corrected chi connectivity index (χ0v) is 14.9. The third kappa shape index (κ3) is 4.74. The third-order valence-electron chi connectivity index (χ3n) is 4.63. The second-order valence-corrected chi connectivity index (χ2v) is 6.47. The Morgan fingerprint density at radius 2 is 1.59 bits per heavy atom. The molecule has 158 valence electrons. The molecule has 0 saturated carbocycles. The lowest BCUT2D eigenvalue weighted by atomic mass is 9.95. The van der Waals surface area contributed by atoms with Gasteiger partial charge in [0.2, 0.25) is 5.91 Å². The highest BCUT2D eigenvalue weighted by Gasteiger charge is 2.51. The summed E-state index contributed by atoms with van der Waals surface area (Å²) in [6, 6.07) is -1.25. The minimum atomic E-state index is -1.59. The van der Waals surface area contributed by atoms with E-state index in [9.17, 15) is 35.4 Å². The van der Waals surface area contributed by atoms with Crippen molar-refractivity contribution in [2.24, 2.45) is 0 Å². The largest absolute Gasteiger partial charge is 0.394 e. The summed E-state index contributed by atoms with van der Waals surface area (Å²) < 4.78 is 21.3. The van der Waals surface area contributed by atoms with Gasteiger partial charge in [-0.1, -0.05) is 0 Å². The number of hydrogen-bond donors (Lipinski definition) is 7. The molecule has 0 aromatic rings. The van der Waals surface area contributed by atoms with Gasteiger partial charge in [0.05, 0.1) is 13.2 Å². The zero-order valence-electron chi connectivity index (χ0n) is 14.9. The molecular formula is C15H27NO11. The fourth-order valence-corrected chi connectivity index (χ4v) is 3.21. The van der Waals surface area contributed by atoms with Gasteiger partial charge in [-0.3, -0.25) is 4.79 Å². The molecule has 1 amide bonds. The summed E-state index contributed by atoms with van der Waals surface area (Å²) in [5.41, 5.74) is 0. The normalized spacial score (nSPS) is 45.5. The number of aliphatic hydroxyl groups excluding tert-OH is 6. The van der Waals surface area contributed by atoms with Crippen LogP contribution in [0.4, 0.5) is 0 Å². The first-order valence-electron chi connectivity index (χ1n) is 8.45. The molecule has 2 aliphatic rings. The molecule has 12 heteroatoms. The van der Waals surface area contributed by atoms with E-state index in [2.05, 4.69) is 5.32 Å². The van der Waals surface area contributed by atoms with E-state index < -0.39 is 80.5 Å². The van der Waals surface area contributed by atoms with E-state index in [-0.39, 0.29) is 0 Å². The molecule has 2 fully saturated rings. The number of carbonyl (C=O) groups excluding carboxylic acids is 1. The van der Waals surface area contributed by atoms with Crippen molar-refractivity contribution < 1.29 is 54.4 Å². The molecule has 2 rings (SSSR count). The third-order valence-corrected chi connectivity index (χ3v) is 4.63. The van der Waals surface area contributed by atoms with Crippen LogP contribution in [-0.2, 0) is 23.7 Å². The van der Waals surface area contributed by atoms with E-state index in [1.165, 1.54) is 14.0 Å². The van der Waals surface area contributed by atoms with Crippen molar-refractivity contribution in [3.63, 3.8) is 0 Å². The molecular weight excluding hydrogens is 370 g/mol. The van der Waals surface area contributed by atoms with Crippen LogP contribution in [-0.4, -0.2) is 118 Å². The molecule has 0 aromatic heterocycles. The first-order chi connectivity index (χ1) is 12.7. The van der Waals surface area contributed by atoms with Crippen LogP contribution in [0.1, 0.15) is 6.92 Å². The fourth-order valence-electron chi connectivity index (χ4n) is 3.21. The van der Waals surface area contributed by atoms with Gasteiger partial charge in [0, 0.05) is 14.0 Å². The standard InChI is InChI=1S/C15H27NO11/c1-5(19)16-8-10(21)12(7(4-18)25-14(8)23)27-15-13(24-2)11(22)9(20)6(3-17)26-15/h6-15,17-18,20-23H,3-4H2,1-2H3,(H,16,19)/t6-,7-,8-,9+,10-,11+,12-,13-,14?,15-/m1/s1. The van der Waals surface area contributed by atoms with Crippen molar-refractivity contribution in [2.75, 3.05) is 20.3 Å². The lowest BCUT2D eigenvalue weighted by molar-refractivity contribution is -0.347. The molecule has 27 heavy (non-hydrogen) atoms. The quantitative estimate of drug-likeness (QED) is 0.228. The van der Waals surface area contributed by atoms with E-state index in [4.69, 9.17) is 18.9 Å². The number of amides is 1. The van der Waals surface area contributed by atoms with Crippen LogP contribution in [0, 0.1) is 0 Å². The van der Waals surface area contributed by atoms with Crippen molar-refractivity contribution >= 4 is 5.91 Å². The van der Waals surface area contributed by atoms with Gasteiger partial charge in [-0.05, 0) is 0 Å². The maximum absolute atomic E-state index is 11.3. The molecule has 10 atom stereocenters. The molecule has 0 spiro atoms. The zero-order chi connectivity index (χ0) is 20.3. The van der Waals surface area contributed by atoms with Crippen LogP contribution >= 0.6 is 0 Å². The first kappa shape index (κ1) is 22.4. The average molecular weight is 397 g/mol. The van der Waals surface area contributed by atoms with Crippen LogP contribution in [0.3, 0.4) is 0 Å². The number of hydrogen-bond acceptors (Lipinski definition) is 11. The van der Waals surface area contributed by atoms with E-state index in [0.29, 0.717) is 0 Å². The highest BCUT2D eigenvalue weighted by Crippen LogP contribution is 2.29. The Labute approximate surface area is 155 Å². The van der Waals surface area contributed by atoms with Gasteiger partial charge in [-0.2, -0.15) is 0 Å². The molecule has 2 aliphatic heterocycles. The van der Waals surface area contributed by atoms with Gasteiger partial charge in [-0.25, -0.2) is 0 Å². The van der Waals surface area contributed by atoms with Crippen LogP contribution in [0.5, 0.6) is 0 Å². The highest BCUT2D eigenvalue weighted by molar-refractivity contribution is 5.73. The minimum absolute atomic E-state index is 0.537. The predicted molar refractivity (Wildman–Crippen MR) is 85.0 cm³/mol. The fraction of sp³-hybridized carbons (Fsp3) is 0.933. The summed E-state index contributed by atoms with van der Waals surface area (Å²) in [4.78, 5) is 11.3. The average Bonchev–Trinajstić information content (AvgIpc) is 2.63. The lowest BCUT2D eigenvalue weighted by Crippen LogP contribution is -2.67. The Balaban J connectivity index is 2.21. The number of ether oxygens (including phenoxy) is 4. The number of rotatable bonds is 6. The maximum Gasteiger partial charge on any atom is 0.217 e. The predicted octanol–water partition coefficient (Wildman–Crippen LogP) is -4.60. The molecule has 0 aliphatic carbocycles. The molecule has 12 nitrogen and oxygen atoms in total. The molecule has 0 bridgehead atoms. The summed E-state index contributed by atoms with van der Waals surface area (Å²) in [6.45, 7) is -0.0678. The first-order valence-corrected chi connectivity index (χ1v) is 8.45.